The number of nitrogens with one attached hydrogen (secondary N) is 1. The molecule has 1 aliphatic heterocycles. The van der Waals surface area contributed by atoms with E-state index in [1.165, 1.54) is 19.4 Å². The molecule has 0 spiro atoms. The Hall–Kier alpha value is -0.120. The van der Waals surface area contributed by atoms with E-state index in [2.05, 4.69) is 51.8 Å². The number of hydrogen-bond acceptors (Lipinski definition) is 3. The molecule has 1 N–H and O–H groups in total. The van der Waals surface area contributed by atoms with Crippen LogP contribution in [0, 0.1) is 5.41 Å². The summed E-state index contributed by atoms with van der Waals surface area (Å²) in [6.07, 6.45) is 2.53. The lowest BCUT2D eigenvalue weighted by Crippen LogP contribution is -2.52. The minimum Gasteiger partial charge on any atom is -0.379 e. The maximum Gasteiger partial charge on any atom is 0.0619 e. The molecule has 0 amide bonds. The average Bonchev–Trinajstić information content (AvgIpc) is 2.29. The molecule has 0 aliphatic carbocycles. The summed E-state index contributed by atoms with van der Waals surface area (Å²) in [7, 11) is 0. The van der Waals surface area contributed by atoms with E-state index in [0.29, 0.717) is 11.5 Å². The van der Waals surface area contributed by atoms with Crippen molar-refractivity contribution in [2.24, 2.45) is 5.41 Å². The minimum atomic E-state index is 0.200. The van der Waals surface area contributed by atoms with E-state index in [1.54, 1.807) is 0 Å². The summed E-state index contributed by atoms with van der Waals surface area (Å²) in [6.45, 7) is 18.9. The number of hydrogen-bond donors (Lipinski definition) is 1. The lowest BCUT2D eigenvalue weighted by atomic mass is 9.83. The zero-order valence-electron chi connectivity index (χ0n) is 13.9. The highest BCUT2D eigenvalue weighted by Crippen LogP contribution is 2.26. The Morgan fingerprint density at radius 2 is 1.95 bits per heavy atom. The standard InChI is InChI=1S/C16H34N2O/c1-7-8-16(6,12-17-15(3,4)5)13-18-9-10-19-11-14(18)2/h14,17H,7-13H2,1-6H3. The molecule has 1 heterocycles. The Bertz CT molecular complexity index is 262. The van der Waals surface area contributed by atoms with Crippen LogP contribution >= 0.6 is 0 Å². The van der Waals surface area contributed by atoms with Crippen LogP contribution in [0.3, 0.4) is 0 Å². The Morgan fingerprint density at radius 3 is 2.47 bits per heavy atom. The number of rotatable bonds is 6. The molecule has 0 aromatic carbocycles. The van der Waals surface area contributed by atoms with Crippen molar-refractivity contribution in [2.75, 3.05) is 32.8 Å². The summed E-state index contributed by atoms with van der Waals surface area (Å²) >= 11 is 0. The predicted molar refractivity (Wildman–Crippen MR) is 82.6 cm³/mol. The van der Waals surface area contributed by atoms with E-state index < -0.39 is 0 Å². The second-order valence-electron chi connectivity index (χ2n) is 7.56. The van der Waals surface area contributed by atoms with Crippen molar-refractivity contribution in [3.63, 3.8) is 0 Å². The van der Waals surface area contributed by atoms with Crippen molar-refractivity contribution in [1.29, 1.82) is 0 Å². The van der Waals surface area contributed by atoms with Gasteiger partial charge in [0.1, 0.15) is 0 Å². The van der Waals surface area contributed by atoms with Gasteiger partial charge in [0.25, 0.3) is 0 Å². The molecule has 0 aromatic heterocycles. The van der Waals surface area contributed by atoms with Gasteiger partial charge in [-0.25, -0.2) is 0 Å². The highest BCUT2D eigenvalue weighted by Gasteiger charge is 2.30. The molecule has 114 valence electrons. The zero-order valence-corrected chi connectivity index (χ0v) is 13.9. The number of ether oxygens (including phenoxy) is 1. The maximum atomic E-state index is 5.54. The van der Waals surface area contributed by atoms with Crippen LogP contribution in [0.25, 0.3) is 0 Å². The third kappa shape index (κ3) is 6.24. The Balaban J connectivity index is 2.58. The molecule has 0 saturated carbocycles. The second-order valence-corrected chi connectivity index (χ2v) is 7.56. The minimum absolute atomic E-state index is 0.200. The van der Waals surface area contributed by atoms with Gasteiger partial charge in [-0.15, -0.1) is 0 Å². The van der Waals surface area contributed by atoms with Crippen molar-refractivity contribution in [3.05, 3.63) is 0 Å². The van der Waals surface area contributed by atoms with Gasteiger partial charge in [-0.1, -0.05) is 20.3 Å². The third-order valence-electron chi connectivity index (χ3n) is 3.99. The molecular weight excluding hydrogens is 236 g/mol. The van der Waals surface area contributed by atoms with Gasteiger partial charge in [0, 0.05) is 31.2 Å². The third-order valence-corrected chi connectivity index (χ3v) is 3.99. The van der Waals surface area contributed by atoms with E-state index in [-0.39, 0.29) is 5.54 Å². The lowest BCUT2D eigenvalue weighted by molar-refractivity contribution is -0.0200. The molecule has 3 heteroatoms. The molecule has 2 unspecified atom stereocenters. The van der Waals surface area contributed by atoms with Crippen LogP contribution in [0.5, 0.6) is 0 Å². The summed E-state index contributed by atoms with van der Waals surface area (Å²) < 4.78 is 5.54. The molecule has 0 bridgehead atoms. The van der Waals surface area contributed by atoms with Crippen LogP contribution in [0.4, 0.5) is 0 Å². The summed E-state index contributed by atoms with van der Waals surface area (Å²) in [6, 6.07) is 0.555. The first-order chi connectivity index (χ1) is 8.76. The SMILES string of the molecule is CCCC(C)(CNC(C)(C)C)CN1CCOCC1C. The largest absolute Gasteiger partial charge is 0.379 e. The van der Waals surface area contributed by atoms with Gasteiger partial charge in [-0.2, -0.15) is 0 Å². The molecule has 3 nitrogen and oxygen atoms in total. The maximum absolute atomic E-state index is 5.54. The van der Waals surface area contributed by atoms with Crippen molar-refractivity contribution < 1.29 is 4.74 Å². The topological polar surface area (TPSA) is 24.5 Å². The van der Waals surface area contributed by atoms with Crippen LogP contribution in [0.2, 0.25) is 0 Å². The van der Waals surface area contributed by atoms with E-state index >= 15 is 0 Å². The van der Waals surface area contributed by atoms with Crippen LogP contribution in [-0.2, 0) is 4.74 Å². The van der Waals surface area contributed by atoms with Gasteiger partial charge in [0.05, 0.1) is 13.2 Å². The van der Waals surface area contributed by atoms with Gasteiger partial charge >= 0.3 is 0 Å². The molecule has 0 radical (unpaired) electrons. The van der Waals surface area contributed by atoms with Gasteiger partial charge in [0.2, 0.25) is 0 Å². The van der Waals surface area contributed by atoms with Gasteiger partial charge in [-0.3, -0.25) is 4.90 Å². The second kappa shape index (κ2) is 7.05. The molecule has 1 fully saturated rings. The molecule has 1 rings (SSSR count). The quantitative estimate of drug-likeness (QED) is 0.803. The first-order valence-electron chi connectivity index (χ1n) is 7.82. The van der Waals surface area contributed by atoms with Crippen LogP contribution in [0.15, 0.2) is 0 Å². The normalized spacial score (nSPS) is 25.3. The zero-order chi connectivity index (χ0) is 14.5. The molecule has 1 aliphatic rings. The number of nitrogens with zero attached hydrogens (tertiary/aromatic N) is 1. The monoisotopic (exact) mass is 270 g/mol. The van der Waals surface area contributed by atoms with Gasteiger partial charge < -0.3 is 10.1 Å². The van der Waals surface area contributed by atoms with Crippen LogP contribution in [-0.4, -0.2) is 49.3 Å². The highest BCUT2D eigenvalue weighted by molar-refractivity contribution is 4.86. The Kier molecular flexibility index (Phi) is 6.28. The summed E-state index contributed by atoms with van der Waals surface area (Å²) in [5.41, 5.74) is 0.555. The first kappa shape index (κ1) is 16.9. The molecule has 0 aromatic rings. The fourth-order valence-corrected chi connectivity index (χ4v) is 2.79. The summed E-state index contributed by atoms with van der Waals surface area (Å²) in [4.78, 5) is 2.60. The Morgan fingerprint density at radius 1 is 1.26 bits per heavy atom. The highest BCUT2D eigenvalue weighted by atomic mass is 16.5. The lowest BCUT2D eigenvalue weighted by Gasteiger charge is -2.42. The summed E-state index contributed by atoms with van der Waals surface area (Å²) in [5.74, 6) is 0. The molecule has 2 atom stereocenters. The van der Waals surface area contributed by atoms with E-state index in [1.807, 2.05) is 0 Å². The predicted octanol–water partition coefficient (Wildman–Crippen LogP) is 2.90. The van der Waals surface area contributed by atoms with Crippen molar-refractivity contribution in [3.8, 4) is 0 Å². The fourth-order valence-electron chi connectivity index (χ4n) is 2.79. The van der Waals surface area contributed by atoms with E-state index in [4.69, 9.17) is 4.74 Å². The molecule has 1 saturated heterocycles. The van der Waals surface area contributed by atoms with Crippen molar-refractivity contribution >= 4 is 0 Å². The Labute approximate surface area is 120 Å². The van der Waals surface area contributed by atoms with E-state index in [9.17, 15) is 0 Å². The smallest absolute Gasteiger partial charge is 0.0619 e. The van der Waals surface area contributed by atoms with E-state index in [0.717, 1.165) is 26.3 Å². The van der Waals surface area contributed by atoms with Crippen molar-refractivity contribution in [2.45, 2.75) is 66.0 Å². The van der Waals surface area contributed by atoms with Gasteiger partial charge in [0.15, 0.2) is 0 Å². The first-order valence-corrected chi connectivity index (χ1v) is 7.82. The molecule has 19 heavy (non-hydrogen) atoms. The number of morpholine rings is 1. The summed E-state index contributed by atoms with van der Waals surface area (Å²) in [5, 5.41) is 3.69. The average molecular weight is 270 g/mol. The fraction of sp³-hybridized carbons (Fsp3) is 1.00. The van der Waals surface area contributed by atoms with Crippen LogP contribution in [0.1, 0.15) is 54.4 Å². The van der Waals surface area contributed by atoms with Crippen molar-refractivity contribution in [1.82, 2.24) is 10.2 Å². The molecular formula is C16H34N2O. The van der Waals surface area contributed by atoms with Crippen LogP contribution < -0.4 is 5.32 Å². The van der Waals surface area contributed by atoms with Gasteiger partial charge in [-0.05, 0) is 39.5 Å².